The summed E-state index contributed by atoms with van der Waals surface area (Å²) >= 11 is 0. The lowest BCUT2D eigenvalue weighted by Crippen LogP contribution is -2.44. The van der Waals surface area contributed by atoms with Gasteiger partial charge >= 0.3 is 0 Å². The van der Waals surface area contributed by atoms with Crippen LogP contribution < -0.4 is 5.32 Å². The lowest BCUT2D eigenvalue weighted by molar-refractivity contribution is -0.0807. The van der Waals surface area contributed by atoms with Gasteiger partial charge in [-0.3, -0.25) is 4.79 Å². The maximum absolute atomic E-state index is 12.7. The molecule has 2 aliphatic heterocycles. The Balaban J connectivity index is 1.63. The standard InChI is InChI=1S/C21H32N2O3/c1-16-6-10-23(11-7-16)20(24)18-4-5-19(17(2)14-18)22-15-21(25-3)8-12-26-13-9-21/h4-5,14,16,22H,6-13,15H2,1-3H3. The molecule has 2 fully saturated rings. The van der Waals surface area contributed by atoms with Gasteiger partial charge < -0.3 is 19.7 Å². The van der Waals surface area contributed by atoms with Gasteiger partial charge in [-0.25, -0.2) is 0 Å². The van der Waals surface area contributed by atoms with Crippen LogP contribution in [0.15, 0.2) is 18.2 Å². The Morgan fingerprint density at radius 2 is 2.00 bits per heavy atom. The molecular formula is C21H32N2O3. The van der Waals surface area contributed by atoms with Crippen molar-refractivity contribution in [3.8, 4) is 0 Å². The number of likely N-dealkylation sites (tertiary alicyclic amines) is 1. The summed E-state index contributed by atoms with van der Waals surface area (Å²) in [5.74, 6) is 0.884. The van der Waals surface area contributed by atoms with Crippen molar-refractivity contribution < 1.29 is 14.3 Å². The third-order valence-electron chi connectivity index (χ3n) is 5.98. The summed E-state index contributed by atoms with van der Waals surface area (Å²) < 4.78 is 11.2. The highest BCUT2D eigenvalue weighted by Crippen LogP contribution is 2.27. The fraction of sp³-hybridized carbons (Fsp3) is 0.667. The molecule has 0 radical (unpaired) electrons. The van der Waals surface area contributed by atoms with Crippen molar-refractivity contribution in [3.05, 3.63) is 29.3 Å². The van der Waals surface area contributed by atoms with Gasteiger partial charge in [-0.05, 0) is 49.4 Å². The summed E-state index contributed by atoms with van der Waals surface area (Å²) in [6.45, 7) is 8.31. The molecule has 0 atom stereocenters. The highest BCUT2D eigenvalue weighted by molar-refractivity contribution is 5.95. The molecule has 0 aliphatic carbocycles. The molecule has 0 bridgehead atoms. The number of carbonyl (C=O) groups is 1. The second-order valence-electron chi connectivity index (χ2n) is 7.86. The van der Waals surface area contributed by atoms with Crippen LogP contribution in [0, 0.1) is 12.8 Å². The van der Waals surface area contributed by atoms with E-state index in [0.717, 1.165) is 81.3 Å². The maximum Gasteiger partial charge on any atom is 0.253 e. The first-order valence-electron chi connectivity index (χ1n) is 9.80. The lowest BCUT2D eigenvalue weighted by Gasteiger charge is -2.36. The van der Waals surface area contributed by atoms with Crippen LogP contribution in [0.25, 0.3) is 0 Å². The maximum atomic E-state index is 12.7. The molecule has 2 saturated heterocycles. The first-order valence-corrected chi connectivity index (χ1v) is 9.80. The van der Waals surface area contributed by atoms with E-state index in [1.807, 2.05) is 23.1 Å². The minimum atomic E-state index is -0.163. The third-order valence-corrected chi connectivity index (χ3v) is 5.98. The SMILES string of the molecule is COC1(CNc2ccc(C(=O)N3CCC(C)CC3)cc2C)CCOCC1. The van der Waals surface area contributed by atoms with E-state index in [-0.39, 0.29) is 11.5 Å². The number of amides is 1. The smallest absolute Gasteiger partial charge is 0.253 e. The fourth-order valence-corrected chi connectivity index (χ4v) is 3.84. The number of nitrogens with zero attached hydrogens (tertiary/aromatic N) is 1. The minimum absolute atomic E-state index is 0.157. The van der Waals surface area contributed by atoms with Crippen LogP contribution >= 0.6 is 0 Å². The number of methoxy groups -OCH3 is 1. The van der Waals surface area contributed by atoms with E-state index in [1.54, 1.807) is 7.11 Å². The Morgan fingerprint density at radius 1 is 1.31 bits per heavy atom. The second kappa shape index (κ2) is 8.40. The van der Waals surface area contributed by atoms with Crippen molar-refractivity contribution >= 4 is 11.6 Å². The molecule has 0 saturated carbocycles. The average Bonchev–Trinajstić information content (AvgIpc) is 2.68. The van der Waals surface area contributed by atoms with Crippen molar-refractivity contribution in [2.24, 2.45) is 5.92 Å². The van der Waals surface area contributed by atoms with E-state index in [9.17, 15) is 4.79 Å². The van der Waals surface area contributed by atoms with Crippen LogP contribution in [0.5, 0.6) is 0 Å². The lowest BCUT2D eigenvalue weighted by atomic mass is 9.93. The van der Waals surface area contributed by atoms with Crippen LogP contribution in [-0.4, -0.2) is 56.4 Å². The summed E-state index contributed by atoms with van der Waals surface area (Å²) in [4.78, 5) is 14.7. The van der Waals surface area contributed by atoms with Gasteiger partial charge in [0.05, 0.1) is 5.60 Å². The zero-order chi connectivity index (χ0) is 18.6. The highest BCUT2D eigenvalue weighted by Gasteiger charge is 2.32. The van der Waals surface area contributed by atoms with Gasteiger partial charge in [0.2, 0.25) is 0 Å². The molecule has 144 valence electrons. The quantitative estimate of drug-likeness (QED) is 0.873. The normalized spacial score (nSPS) is 20.8. The minimum Gasteiger partial charge on any atom is -0.382 e. The predicted molar refractivity (Wildman–Crippen MR) is 104 cm³/mol. The predicted octanol–water partition coefficient (Wildman–Crippen LogP) is 3.47. The number of carbonyl (C=O) groups excluding carboxylic acids is 1. The molecule has 1 aromatic rings. The number of hydrogen-bond donors (Lipinski definition) is 1. The Bertz CT molecular complexity index is 618. The molecule has 0 aromatic heterocycles. The first kappa shape index (κ1) is 19.2. The first-order chi connectivity index (χ1) is 12.5. The van der Waals surface area contributed by atoms with Gasteiger partial charge in [0.1, 0.15) is 0 Å². The molecule has 0 spiro atoms. The molecule has 5 heteroatoms. The summed E-state index contributed by atoms with van der Waals surface area (Å²) in [5, 5.41) is 3.52. The Kier molecular flexibility index (Phi) is 6.20. The summed E-state index contributed by atoms with van der Waals surface area (Å²) in [5.41, 5.74) is 2.79. The molecule has 5 nitrogen and oxygen atoms in total. The molecule has 0 unspecified atom stereocenters. The van der Waals surface area contributed by atoms with E-state index in [2.05, 4.69) is 19.2 Å². The fourth-order valence-electron chi connectivity index (χ4n) is 3.84. The number of benzene rings is 1. The van der Waals surface area contributed by atoms with Gasteiger partial charge in [-0.1, -0.05) is 6.92 Å². The van der Waals surface area contributed by atoms with Gasteiger partial charge in [-0.15, -0.1) is 0 Å². The molecule has 26 heavy (non-hydrogen) atoms. The van der Waals surface area contributed by atoms with Crippen molar-refractivity contribution in [1.29, 1.82) is 0 Å². The number of piperidine rings is 1. The van der Waals surface area contributed by atoms with E-state index in [1.165, 1.54) is 0 Å². The van der Waals surface area contributed by atoms with Crippen molar-refractivity contribution in [1.82, 2.24) is 4.90 Å². The molecular weight excluding hydrogens is 328 g/mol. The van der Waals surface area contributed by atoms with Crippen LogP contribution in [0.4, 0.5) is 5.69 Å². The van der Waals surface area contributed by atoms with Crippen LogP contribution in [-0.2, 0) is 9.47 Å². The van der Waals surface area contributed by atoms with E-state index in [0.29, 0.717) is 0 Å². The van der Waals surface area contributed by atoms with E-state index < -0.39 is 0 Å². The van der Waals surface area contributed by atoms with Crippen molar-refractivity contribution in [2.75, 3.05) is 45.3 Å². The number of rotatable bonds is 5. The molecule has 1 N–H and O–H groups in total. The number of nitrogens with one attached hydrogen (secondary N) is 1. The van der Waals surface area contributed by atoms with Crippen LogP contribution in [0.2, 0.25) is 0 Å². The van der Waals surface area contributed by atoms with Gasteiger partial charge in [0.25, 0.3) is 5.91 Å². The van der Waals surface area contributed by atoms with Gasteiger partial charge in [0, 0.05) is 64.1 Å². The van der Waals surface area contributed by atoms with E-state index in [4.69, 9.17) is 9.47 Å². The average molecular weight is 360 g/mol. The number of aryl methyl sites for hydroxylation is 1. The number of hydrogen-bond acceptors (Lipinski definition) is 4. The second-order valence-corrected chi connectivity index (χ2v) is 7.86. The highest BCUT2D eigenvalue weighted by atomic mass is 16.5. The van der Waals surface area contributed by atoms with Gasteiger partial charge in [-0.2, -0.15) is 0 Å². The van der Waals surface area contributed by atoms with Crippen LogP contribution in [0.3, 0.4) is 0 Å². The summed E-state index contributed by atoms with van der Waals surface area (Å²) in [6.07, 6.45) is 4.01. The van der Waals surface area contributed by atoms with Crippen molar-refractivity contribution in [3.63, 3.8) is 0 Å². The molecule has 1 aromatic carbocycles. The summed E-state index contributed by atoms with van der Waals surface area (Å²) in [7, 11) is 1.78. The molecule has 3 rings (SSSR count). The Labute approximate surface area is 157 Å². The Morgan fingerprint density at radius 3 is 2.62 bits per heavy atom. The zero-order valence-corrected chi connectivity index (χ0v) is 16.3. The van der Waals surface area contributed by atoms with Gasteiger partial charge in [0.15, 0.2) is 0 Å². The molecule has 1 amide bonds. The largest absolute Gasteiger partial charge is 0.382 e. The number of ether oxygens (including phenoxy) is 2. The molecule has 2 aliphatic rings. The topological polar surface area (TPSA) is 50.8 Å². The van der Waals surface area contributed by atoms with Crippen molar-refractivity contribution in [2.45, 2.75) is 45.1 Å². The Hall–Kier alpha value is -1.59. The van der Waals surface area contributed by atoms with Crippen LogP contribution in [0.1, 0.15) is 48.5 Å². The molecule has 2 heterocycles. The van der Waals surface area contributed by atoms with E-state index >= 15 is 0 Å². The zero-order valence-electron chi connectivity index (χ0n) is 16.3. The monoisotopic (exact) mass is 360 g/mol. The third kappa shape index (κ3) is 4.38. The number of anilines is 1. The summed E-state index contributed by atoms with van der Waals surface area (Å²) in [6, 6.07) is 5.98.